The van der Waals surface area contributed by atoms with Gasteiger partial charge in [0.15, 0.2) is 5.69 Å². The normalized spacial score (nSPS) is 26.6. The average Bonchev–Trinajstić information content (AvgIpc) is 3.26. The van der Waals surface area contributed by atoms with E-state index in [1.54, 1.807) is 12.1 Å². The predicted molar refractivity (Wildman–Crippen MR) is 106 cm³/mol. The molecule has 2 aliphatic rings. The minimum atomic E-state index is -0.598. The number of nitrogens with zero attached hydrogens (tertiary/aromatic N) is 3. The number of rotatable bonds is 4. The SMILES string of the molecule is Cc1cc(C(=O)N2C[C@H]3C[C@@H](Oc4ccc(F)cc4)[C@H](O)C[C@H]3C2)nn1C(C)C. The second-order valence-electron chi connectivity index (χ2n) is 8.59. The second-order valence-corrected chi connectivity index (χ2v) is 8.59. The van der Waals surface area contributed by atoms with Gasteiger partial charge in [0.1, 0.15) is 17.7 Å². The van der Waals surface area contributed by atoms with Gasteiger partial charge >= 0.3 is 0 Å². The quantitative estimate of drug-likeness (QED) is 0.854. The van der Waals surface area contributed by atoms with Gasteiger partial charge in [-0.3, -0.25) is 9.48 Å². The van der Waals surface area contributed by atoms with Gasteiger partial charge in [-0.05, 0) is 75.8 Å². The van der Waals surface area contributed by atoms with Gasteiger partial charge in [-0.2, -0.15) is 5.10 Å². The van der Waals surface area contributed by atoms with Gasteiger partial charge in [-0.1, -0.05) is 0 Å². The van der Waals surface area contributed by atoms with Crippen molar-refractivity contribution in [1.29, 1.82) is 0 Å². The Morgan fingerprint density at radius 1 is 1.21 bits per heavy atom. The minimum absolute atomic E-state index is 0.0487. The van der Waals surface area contributed by atoms with E-state index < -0.39 is 6.10 Å². The molecule has 2 heterocycles. The molecule has 4 rings (SSSR count). The second kappa shape index (κ2) is 7.78. The molecule has 1 saturated heterocycles. The fraction of sp³-hybridized carbons (Fsp3) is 0.545. The molecule has 0 spiro atoms. The van der Waals surface area contributed by atoms with Gasteiger partial charge in [-0.25, -0.2) is 4.39 Å². The van der Waals surface area contributed by atoms with Crippen LogP contribution in [0.2, 0.25) is 0 Å². The lowest BCUT2D eigenvalue weighted by atomic mass is 9.78. The van der Waals surface area contributed by atoms with E-state index in [1.165, 1.54) is 12.1 Å². The van der Waals surface area contributed by atoms with Crippen LogP contribution < -0.4 is 4.74 Å². The number of amides is 1. The number of aliphatic hydroxyl groups excluding tert-OH is 1. The van der Waals surface area contributed by atoms with Crippen LogP contribution >= 0.6 is 0 Å². The molecular weight excluding hydrogens is 373 g/mol. The number of ether oxygens (including phenoxy) is 1. The summed E-state index contributed by atoms with van der Waals surface area (Å²) < 4.78 is 20.9. The fourth-order valence-corrected chi connectivity index (χ4v) is 4.65. The highest BCUT2D eigenvalue weighted by molar-refractivity contribution is 5.92. The molecule has 156 valence electrons. The standard InChI is InChI=1S/C22H28FN3O3/c1-13(2)26-14(3)8-19(24-26)22(28)25-11-15-9-20(27)21(10-16(15)12-25)29-18-6-4-17(23)5-7-18/h4-8,13,15-16,20-21,27H,9-12H2,1-3H3/t15-,16+,20+,21+/m0/s1. The smallest absolute Gasteiger partial charge is 0.274 e. The number of carbonyl (C=O) groups is 1. The lowest BCUT2D eigenvalue weighted by Gasteiger charge is -2.35. The van der Waals surface area contributed by atoms with Crippen LogP contribution in [0.1, 0.15) is 48.9 Å². The summed E-state index contributed by atoms with van der Waals surface area (Å²) in [6.07, 6.45) is 0.324. The molecule has 1 N–H and O–H groups in total. The first kappa shape index (κ1) is 19.9. The van der Waals surface area contributed by atoms with E-state index >= 15 is 0 Å². The number of halogens is 1. The molecule has 4 atom stereocenters. The van der Waals surface area contributed by atoms with Gasteiger partial charge in [0, 0.05) is 24.8 Å². The lowest BCUT2D eigenvalue weighted by Crippen LogP contribution is -2.42. The highest BCUT2D eigenvalue weighted by Crippen LogP contribution is 2.38. The average molecular weight is 401 g/mol. The van der Waals surface area contributed by atoms with Gasteiger partial charge in [0.05, 0.1) is 6.10 Å². The van der Waals surface area contributed by atoms with E-state index in [2.05, 4.69) is 5.10 Å². The molecule has 6 nitrogen and oxygen atoms in total. The molecule has 1 saturated carbocycles. The molecule has 0 radical (unpaired) electrons. The van der Waals surface area contributed by atoms with Crippen molar-refractivity contribution in [3.05, 3.63) is 47.5 Å². The van der Waals surface area contributed by atoms with Gasteiger partial charge < -0.3 is 14.7 Å². The molecule has 2 fully saturated rings. The zero-order chi connectivity index (χ0) is 20.7. The summed E-state index contributed by atoms with van der Waals surface area (Å²) in [5, 5.41) is 15.0. The molecule has 2 aromatic rings. The number of aromatic nitrogens is 2. The molecule has 29 heavy (non-hydrogen) atoms. The van der Waals surface area contributed by atoms with Crippen molar-refractivity contribution in [3.8, 4) is 5.75 Å². The fourth-order valence-electron chi connectivity index (χ4n) is 4.65. The van der Waals surface area contributed by atoms with Crippen molar-refractivity contribution < 1.29 is 19.0 Å². The van der Waals surface area contributed by atoms with Crippen molar-refractivity contribution >= 4 is 5.91 Å². The maximum absolute atomic E-state index is 13.1. The monoisotopic (exact) mass is 401 g/mol. The summed E-state index contributed by atoms with van der Waals surface area (Å²) in [6.45, 7) is 7.33. The molecule has 1 aliphatic carbocycles. The number of aryl methyl sites for hydroxylation is 1. The third kappa shape index (κ3) is 4.01. The minimum Gasteiger partial charge on any atom is -0.488 e. The number of hydrogen-bond acceptors (Lipinski definition) is 4. The highest BCUT2D eigenvalue weighted by atomic mass is 19.1. The maximum atomic E-state index is 13.1. The van der Waals surface area contributed by atoms with Crippen molar-refractivity contribution in [1.82, 2.24) is 14.7 Å². The van der Waals surface area contributed by atoms with Gasteiger partial charge in [0.2, 0.25) is 0 Å². The largest absolute Gasteiger partial charge is 0.488 e. The molecule has 1 aromatic heterocycles. The Labute approximate surface area is 170 Å². The van der Waals surface area contributed by atoms with Crippen molar-refractivity contribution in [2.24, 2.45) is 11.8 Å². The van der Waals surface area contributed by atoms with Crippen molar-refractivity contribution in [2.75, 3.05) is 13.1 Å². The van der Waals surface area contributed by atoms with Gasteiger partial charge in [-0.15, -0.1) is 0 Å². The summed E-state index contributed by atoms with van der Waals surface area (Å²) >= 11 is 0. The summed E-state index contributed by atoms with van der Waals surface area (Å²) in [5.41, 5.74) is 1.46. The lowest BCUT2D eigenvalue weighted by molar-refractivity contribution is -0.0231. The van der Waals surface area contributed by atoms with Crippen LogP contribution in [0.5, 0.6) is 5.75 Å². The number of benzene rings is 1. The third-order valence-corrected chi connectivity index (χ3v) is 6.10. The molecule has 1 aromatic carbocycles. The Kier molecular flexibility index (Phi) is 5.34. The van der Waals surface area contributed by atoms with Crippen molar-refractivity contribution in [2.45, 2.75) is 51.9 Å². The zero-order valence-electron chi connectivity index (χ0n) is 17.1. The van der Waals surface area contributed by atoms with E-state index in [4.69, 9.17) is 4.74 Å². The highest BCUT2D eigenvalue weighted by Gasteiger charge is 2.44. The number of fused-ring (bicyclic) bond motifs is 1. The Morgan fingerprint density at radius 2 is 1.86 bits per heavy atom. The van der Waals surface area contributed by atoms with Crippen LogP contribution in [0.3, 0.4) is 0 Å². The van der Waals surface area contributed by atoms with Crippen LogP contribution in [0.15, 0.2) is 30.3 Å². The molecule has 1 amide bonds. The van der Waals surface area contributed by atoms with Crippen LogP contribution in [0.25, 0.3) is 0 Å². The third-order valence-electron chi connectivity index (χ3n) is 6.10. The number of aliphatic hydroxyl groups is 1. The van der Waals surface area contributed by atoms with Crippen LogP contribution in [-0.4, -0.2) is 51.0 Å². The summed E-state index contributed by atoms with van der Waals surface area (Å²) in [7, 11) is 0. The number of likely N-dealkylation sites (tertiary alicyclic amines) is 1. The van der Waals surface area contributed by atoms with E-state index in [0.717, 1.165) is 5.69 Å². The maximum Gasteiger partial charge on any atom is 0.274 e. The number of hydrogen-bond donors (Lipinski definition) is 1. The summed E-state index contributed by atoms with van der Waals surface area (Å²) in [4.78, 5) is 14.8. The first-order valence-electron chi connectivity index (χ1n) is 10.3. The molecule has 0 bridgehead atoms. The van der Waals surface area contributed by atoms with Crippen LogP contribution in [0.4, 0.5) is 4.39 Å². The predicted octanol–water partition coefficient (Wildman–Crippen LogP) is 3.20. The van der Waals surface area contributed by atoms with E-state index in [9.17, 15) is 14.3 Å². The first-order valence-corrected chi connectivity index (χ1v) is 10.3. The summed E-state index contributed by atoms with van der Waals surface area (Å²) in [5.74, 6) is 0.722. The van der Waals surface area contributed by atoms with Crippen LogP contribution in [0, 0.1) is 24.6 Å². The molecule has 0 unspecified atom stereocenters. The Bertz CT molecular complexity index is 880. The Hall–Kier alpha value is -2.41. The van der Waals surface area contributed by atoms with Crippen molar-refractivity contribution in [3.63, 3.8) is 0 Å². The Morgan fingerprint density at radius 3 is 2.48 bits per heavy atom. The topological polar surface area (TPSA) is 67.6 Å². The van der Waals surface area contributed by atoms with E-state index in [1.807, 2.05) is 36.4 Å². The molecular formula is C22H28FN3O3. The summed E-state index contributed by atoms with van der Waals surface area (Å²) in [6, 6.07) is 7.90. The molecule has 7 heteroatoms. The number of carbonyl (C=O) groups excluding carboxylic acids is 1. The van der Waals surface area contributed by atoms with Gasteiger partial charge in [0.25, 0.3) is 5.91 Å². The molecule has 1 aliphatic heterocycles. The first-order chi connectivity index (χ1) is 13.8. The Balaban J connectivity index is 1.42. The van der Waals surface area contributed by atoms with Crippen LogP contribution in [-0.2, 0) is 0 Å². The van der Waals surface area contributed by atoms with E-state index in [0.29, 0.717) is 37.4 Å². The zero-order valence-corrected chi connectivity index (χ0v) is 17.1. The van der Waals surface area contributed by atoms with E-state index in [-0.39, 0.29) is 35.7 Å².